The van der Waals surface area contributed by atoms with E-state index in [4.69, 9.17) is 4.98 Å². The Bertz CT molecular complexity index is 1460. The molecule has 1 aliphatic heterocycles. The van der Waals surface area contributed by atoms with Crippen molar-refractivity contribution in [2.45, 2.75) is 51.0 Å². The standard InChI is InChI=1S/C29H31N5O2/c1-28(2)23-9-4-19(16-20(23)17-25(28)35)24-18-34-15-12-30-27(34)26(32-24)31-21-5-7-22(8-6-21)33-13-10-29(3,36)11-14-33/h4-9,12,15-16,18,36H,10-11,13-14,17H2,1-3H3,(H,31,32). The van der Waals surface area contributed by atoms with Gasteiger partial charge in [-0.15, -0.1) is 0 Å². The summed E-state index contributed by atoms with van der Waals surface area (Å²) in [5.41, 5.74) is 5.83. The molecular formula is C29H31N5O2. The molecule has 2 N–H and O–H groups in total. The lowest BCUT2D eigenvalue weighted by atomic mass is 9.85. The fraction of sp³-hybridized carbons (Fsp3) is 0.345. The third-order valence-corrected chi connectivity index (χ3v) is 7.83. The fourth-order valence-electron chi connectivity index (χ4n) is 5.35. The van der Waals surface area contributed by atoms with E-state index in [0.29, 0.717) is 12.2 Å². The quantitative estimate of drug-likeness (QED) is 0.432. The van der Waals surface area contributed by atoms with Gasteiger partial charge in [0.15, 0.2) is 11.5 Å². The van der Waals surface area contributed by atoms with Crippen molar-refractivity contribution in [3.05, 3.63) is 72.2 Å². The van der Waals surface area contributed by atoms with E-state index >= 15 is 0 Å². The van der Waals surface area contributed by atoms with E-state index in [-0.39, 0.29) is 5.78 Å². The molecule has 7 heteroatoms. The van der Waals surface area contributed by atoms with Gasteiger partial charge in [-0.2, -0.15) is 0 Å². The second kappa shape index (κ2) is 8.17. The van der Waals surface area contributed by atoms with E-state index in [1.54, 1.807) is 6.20 Å². The number of carbonyl (C=O) groups is 1. The molecule has 0 atom stereocenters. The van der Waals surface area contributed by atoms with Crippen LogP contribution in [0, 0.1) is 0 Å². The van der Waals surface area contributed by atoms with Crippen molar-refractivity contribution >= 4 is 28.6 Å². The molecule has 1 aliphatic carbocycles. The molecule has 184 valence electrons. The van der Waals surface area contributed by atoms with Gasteiger partial charge >= 0.3 is 0 Å². The Labute approximate surface area is 210 Å². The SMILES string of the molecule is CC1(O)CCN(c2ccc(Nc3nc(-c4ccc5c(c4)CC(=O)C5(C)C)cn4ccnc34)cc2)CC1. The third-order valence-electron chi connectivity index (χ3n) is 7.83. The number of fused-ring (bicyclic) bond motifs is 2. The molecule has 1 saturated heterocycles. The molecule has 7 nitrogen and oxygen atoms in total. The van der Waals surface area contributed by atoms with Gasteiger partial charge in [-0.1, -0.05) is 12.1 Å². The number of hydrogen-bond donors (Lipinski definition) is 2. The number of anilines is 3. The normalized spacial score (nSPS) is 18.4. The smallest absolute Gasteiger partial charge is 0.180 e. The van der Waals surface area contributed by atoms with E-state index in [1.807, 2.05) is 37.6 Å². The van der Waals surface area contributed by atoms with Crippen molar-refractivity contribution in [2.75, 3.05) is 23.3 Å². The lowest BCUT2D eigenvalue weighted by molar-refractivity contribution is -0.121. The van der Waals surface area contributed by atoms with Crippen molar-refractivity contribution in [3.8, 4) is 11.3 Å². The van der Waals surface area contributed by atoms with Crippen molar-refractivity contribution in [2.24, 2.45) is 0 Å². The zero-order valence-corrected chi connectivity index (χ0v) is 21.0. The first-order valence-electron chi connectivity index (χ1n) is 12.5. The van der Waals surface area contributed by atoms with E-state index < -0.39 is 11.0 Å². The van der Waals surface area contributed by atoms with E-state index in [2.05, 4.69) is 57.7 Å². The van der Waals surface area contributed by atoms with E-state index in [9.17, 15) is 9.90 Å². The Morgan fingerprint density at radius 3 is 2.53 bits per heavy atom. The number of piperidine rings is 1. The summed E-state index contributed by atoms with van der Waals surface area (Å²) in [7, 11) is 0. The van der Waals surface area contributed by atoms with Gasteiger partial charge in [0.05, 0.1) is 11.3 Å². The van der Waals surface area contributed by atoms with Crippen LogP contribution in [0.4, 0.5) is 17.2 Å². The summed E-state index contributed by atoms with van der Waals surface area (Å²) < 4.78 is 1.97. The molecule has 0 radical (unpaired) electrons. The van der Waals surface area contributed by atoms with Crippen LogP contribution < -0.4 is 10.2 Å². The zero-order chi connectivity index (χ0) is 25.1. The fourth-order valence-corrected chi connectivity index (χ4v) is 5.35. The van der Waals surface area contributed by atoms with Crippen LogP contribution in [0.3, 0.4) is 0 Å². The number of imidazole rings is 1. The maximum atomic E-state index is 12.5. The Morgan fingerprint density at radius 1 is 1.03 bits per heavy atom. The number of aromatic nitrogens is 3. The summed E-state index contributed by atoms with van der Waals surface area (Å²) >= 11 is 0. The molecule has 0 bridgehead atoms. The summed E-state index contributed by atoms with van der Waals surface area (Å²) in [6, 6.07) is 14.5. The van der Waals surface area contributed by atoms with Gasteiger partial charge in [0, 0.05) is 60.5 Å². The lowest BCUT2D eigenvalue weighted by Crippen LogP contribution is -2.42. The molecule has 3 heterocycles. The number of carbonyl (C=O) groups excluding carboxylic acids is 1. The Kier molecular flexibility index (Phi) is 5.16. The first kappa shape index (κ1) is 22.7. The highest BCUT2D eigenvalue weighted by Crippen LogP contribution is 2.38. The van der Waals surface area contributed by atoms with Crippen LogP contribution in [0.1, 0.15) is 44.7 Å². The molecule has 2 aliphatic rings. The number of Topliss-reactive ketones (excluding diaryl/α,β-unsaturated/α-hetero) is 1. The van der Waals surface area contributed by atoms with Crippen LogP contribution in [0.2, 0.25) is 0 Å². The van der Waals surface area contributed by atoms with Crippen LogP contribution in [-0.2, 0) is 16.6 Å². The van der Waals surface area contributed by atoms with Crippen LogP contribution in [0.25, 0.3) is 16.9 Å². The maximum absolute atomic E-state index is 12.5. The number of hydrogen-bond acceptors (Lipinski definition) is 6. The van der Waals surface area contributed by atoms with Crippen molar-refractivity contribution in [3.63, 3.8) is 0 Å². The van der Waals surface area contributed by atoms with Gasteiger partial charge in [0.2, 0.25) is 0 Å². The Hall–Kier alpha value is -3.71. The first-order chi connectivity index (χ1) is 17.2. The van der Waals surface area contributed by atoms with Gasteiger partial charge in [-0.25, -0.2) is 9.97 Å². The van der Waals surface area contributed by atoms with Crippen molar-refractivity contribution in [1.82, 2.24) is 14.4 Å². The Balaban J connectivity index is 1.28. The van der Waals surface area contributed by atoms with Crippen LogP contribution >= 0.6 is 0 Å². The topological polar surface area (TPSA) is 82.8 Å². The lowest BCUT2D eigenvalue weighted by Gasteiger charge is -2.37. The van der Waals surface area contributed by atoms with Crippen molar-refractivity contribution < 1.29 is 9.90 Å². The molecule has 2 aromatic heterocycles. The predicted octanol–water partition coefficient (Wildman–Crippen LogP) is 4.89. The molecule has 2 aromatic carbocycles. The molecule has 4 aromatic rings. The summed E-state index contributed by atoms with van der Waals surface area (Å²) in [6.07, 6.45) is 7.68. The second-order valence-electron chi connectivity index (χ2n) is 10.9. The average Bonchev–Trinajstić information content (AvgIpc) is 3.41. The summed E-state index contributed by atoms with van der Waals surface area (Å²) in [6.45, 7) is 7.61. The highest BCUT2D eigenvalue weighted by atomic mass is 16.3. The van der Waals surface area contributed by atoms with E-state index in [1.165, 1.54) is 0 Å². The minimum absolute atomic E-state index is 0.258. The minimum atomic E-state index is -0.561. The van der Waals surface area contributed by atoms with Gasteiger partial charge in [-0.3, -0.25) is 4.79 Å². The number of rotatable bonds is 4. The summed E-state index contributed by atoms with van der Waals surface area (Å²) in [5.74, 6) is 0.935. The number of ketones is 1. The molecular weight excluding hydrogens is 450 g/mol. The molecule has 1 fully saturated rings. The van der Waals surface area contributed by atoms with Gasteiger partial charge in [-0.05, 0) is 75.1 Å². The maximum Gasteiger partial charge on any atom is 0.180 e. The average molecular weight is 482 g/mol. The third kappa shape index (κ3) is 3.93. The first-order valence-corrected chi connectivity index (χ1v) is 12.5. The van der Waals surface area contributed by atoms with Crippen molar-refractivity contribution in [1.29, 1.82) is 0 Å². The number of benzene rings is 2. The van der Waals surface area contributed by atoms with E-state index in [0.717, 1.165) is 65.3 Å². The summed E-state index contributed by atoms with van der Waals surface area (Å²) in [4.78, 5) is 24.2. The molecule has 0 saturated carbocycles. The van der Waals surface area contributed by atoms with Crippen LogP contribution in [0.5, 0.6) is 0 Å². The monoisotopic (exact) mass is 481 g/mol. The van der Waals surface area contributed by atoms with Gasteiger partial charge in [0.1, 0.15) is 5.78 Å². The second-order valence-corrected chi connectivity index (χ2v) is 10.9. The van der Waals surface area contributed by atoms with Crippen LogP contribution in [0.15, 0.2) is 61.1 Å². The number of nitrogens with one attached hydrogen (secondary N) is 1. The zero-order valence-electron chi connectivity index (χ0n) is 21.0. The molecule has 0 amide bonds. The molecule has 0 unspecified atom stereocenters. The number of nitrogens with zero attached hydrogens (tertiary/aromatic N) is 4. The molecule has 0 spiro atoms. The predicted molar refractivity (Wildman–Crippen MR) is 142 cm³/mol. The van der Waals surface area contributed by atoms with Gasteiger partial charge < -0.3 is 19.7 Å². The number of aliphatic hydroxyl groups is 1. The molecule has 36 heavy (non-hydrogen) atoms. The van der Waals surface area contributed by atoms with Gasteiger partial charge in [0.25, 0.3) is 0 Å². The Morgan fingerprint density at radius 2 is 1.78 bits per heavy atom. The molecule has 6 rings (SSSR count). The van der Waals surface area contributed by atoms with Crippen LogP contribution in [-0.4, -0.2) is 43.9 Å². The minimum Gasteiger partial charge on any atom is -0.390 e. The highest BCUT2D eigenvalue weighted by Gasteiger charge is 2.38. The largest absolute Gasteiger partial charge is 0.390 e. The highest BCUT2D eigenvalue weighted by molar-refractivity contribution is 5.96. The summed E-state index contributed by atoms with van der Waals surface area (Å²) in [5, 5.41) is 13.7.